The minimum absolute atomic E-state index is 0.366. The lowest BCUT2D eigenvalue weighted by Crippen LogP contribution is -2.47. The van der Waals surface area contributed by atoms with Crippen molar-refractivity contribution in [2.45, 2.75) is 44.6 Å². The van der Waals surface area contributed by atoms with Gasteiger partial charge in [0.2, 0.25) is 5.91 Å². The van der Waals surface area contributed by atoms with Crippen LogP contribution in [0.3, 0.4) is 0 Å². The Balaban J connectivity index is 1.57. The van der Waals surface area contributed by atoms with Crippen molar-refractivity contribution in [1.29, 1.82) is 0 Å². The summed E-state index contributed by atoms with van der Waals surface area (Å²) in [5, 5.41) is 0. The molecule has 1 aromatic rings. The lowest BCUT2D eigenvalue weighted by atomic mass is 10.0. The minimum Gasteiger partial charge on any atom is -0.339 e. The summed E-state index contributed by atoms with van der Waals surface area (Å²) in [6.45, 7) is 3.25. The third-order valence-electron chi connectivity index (χ3n) is 5.07. The quantitative estimate of drug-likeness (QED) is 0.806. The van der Waals surface area contributed by atoms with Gasteiger partial charge in [0.15, 0.2) is 0 Å². The molecule has 1 heterocycles. The molecule has 1 saturated heterocycles. The summed E-state index contributed by atoms with van der Waals surface area (Å²) in [6, 6.07) is 10.9. The van der Waals surface area contributed by atoms with Crippen molar-refractivity contribution in [3.05, 3.63) is 35.9 Å². The van der Waals surface area contributed by atoms with Crippen LogP contribution in [-0.2, 0) is 11.2 Å². The number of carbonyl (C=O) groups is 1. The van der Waals surface area contributed by atoms with E-state index in [1.165, 1.54) is 18.4 Å². The molecule has 3 rings (SSSR count). The predicted octanol–water partition coefficient (Wildman–Crippen LogP) is 2.95. The van der Waals surface area contributed by atoms with Crippen LogP contribution in [0.5, 0.6) is 0 Å². The molecule has 1 aromatic carbocycles. The van der Waals surface area contributed by atoms with E-state index in [-0.39, 0.29) is 0 Å². The zero-order valence-electron chi connectivity index (χ0n) is 13.7. The Morgan fingerprint density at radius 2 is 1.82 bits per heavy atom. The van der Waals surface area contributed by atoms with Gasteiger partial charge in [-0.25, -0.2) is 0 Å². The van der Waals surface area contributed by atoms with Gasteiger partial charge in [0.05, 0.1) is 0 Å². The van der Waals surface area contributed by atoms with E-state index in [1.807, 2.05) is 6.07 Å². The predicted molar refractivity (Wildman–Crippen MR) is 89.7 cm³/mol. The lowest BCUT2D eigenvalue weighted by Gasteiger charge is -2.37. The summed E-state index contributed by atoms with van der Waals surface area (Å²) in [5.74, 6) is 1.14. The fourth-order valence-corrected chi connectivity index (χ4v) is 3.38. The second-order valence-corrected chi connectivity index (χ2v) is 7.01. The van der Waals surface area contributed by atoms with E-state index >= 15 is 0 Å². The van der Waals surface area contributed by atoms with Crippen LogP contribution in [0, 0.1) is 5.92 Å². The highest BCUT2D eigenvalue weighted by atomic mass is 16.2. The van der Waals surface area contributed by atoms with Gasteiger partial charge in [-0.1, -0.05) is 30.3 Å². The number of hydrogen-bond donors (Lipinski definition) is 0. The number of piperidine rings is 1. The Hall–Kier alpha value is -1.35. The van der Waals surface area contributed by atoms with E-state index in [9.17, 15) is 4.79 Å². The van der Waals surface area contributed by atoms with Crippen molar-refractivity contribution in [3.8, 4) is 0 Å². The largest absolute Gasteiger partial charge is 0.339 e. The molecule has 2 aliphatic rings. The molecule has 120 valence electrons. The van der Waals surface area contributed by atoms with E-state index < -0.39 is 0 Å². The Bertz CT molecular complexity index is 475. The van der Waals surface area contributed by atoms with Crippen LogP contribution in [0.4, 0.5) is 0 Å². The van der Waals surface area contributed by atoms with Gasteiger partial charge in [0, 0.05) is 19.0 Å². The van der Waals surface area contributed by atoms with E-state index in [2.05, 4.69) is 41.1 Å². The van der Waals surface area contributed by atoms with Crippen molar-refractivity contribution >= 4 is 5.91 Å². The highest BCUT2D eigenvalue weighted by Crippen LogP contribution is 2.32. The fraction of sp³-hybridized carbons (Fsp3) is 0.632. The van der Waals surface area contributed by atoms with Crippen LogP contribution >= 0.6 is 0 Å². The maximum atomic E-state index is 12.8. The van der Waals surface area contributed by atoms with Crippen LogP contribution < -0.4 is 0 Å². The van der Waals surface area contributed by atoms with Crippen molar-refractivity contribution in [3.63, 3.8) is 0 Å². The average Bonchev–Trinajstić information content (AvgIpc) is 3.36. The van der Waals surface area contributed by atoms with Crippen LogP contribution in [0.15, 0.2) is 30.3 Å². The summed E-state index contributed by atoms with van der Waals surface area (Å²) in [4.78, 5) is 17.4. The highest BCUT2D eigenvalue weighted by molar-refractivity contribution is 5.77. The van der Waals surface area contributed by atoms with E-state index in [4.69, 9.17) is 0 Å². The monoisotopic (exact) mass is 300 g/mol. The first kappa shape index (κ1) is 15.5. The zero-order chi connectivity index (χ0) is 15.4. The molecular weight excluding hydrogens is 272 g/mol. The molecule has 0 atom stereocenters. The Morgan fingerprint density at radius 3 is 2.45 bits per heavy atom. The number of nitrogens with zero attached hydrogens (tertiary/aromatic N) is 2. The Morgan fingerprint density at radius 1 is 1.14 bits per heavy atom. The topological polar surface area (TPSA) is 23.6 Å². The summed E-state index contributed by atoms with van der Waals surface area (Å²) in [5.41, 5.74) is 1.27. The molecule has 0 aromatic heterocycles. The minimum atomic E-state index is 0.366. The molecule has 22 heavy (non-hydrogen) atoms. The van der Waals surface area contributed by atoms with Crippen LogP contribution in [0.1, 0.15) is 37.7 Å². The second kappa shape index (κ2) is 7.28. The third-order valence-corrected chi connectivity index (χ3v) is 5.07. The maximum absolute atomic E-state index is 12.8. The van der Waals surface area contributed by atoms with Crippen molar-refractivity contribution < 1.29 is 4.79 Å². The van der Waals surface area contributed by atoms with E-state index in [0.29, 0.717) is 18.4 Å². The highest BCUT2D eigenvalue weighted by Gasteiger charge is 2.32. The molecule has 0 spiro atoms. The molecule has 2 fully saturated rings. The number of benzene rings is 1. The molecule has 1 aliphatic carbocycles. The van der Waals surface area contributed by atoms with Gasteiger partial charge in [-0.2, -0.15) is 0 Å². The molecule has 1 aliphatic heterocycles. The lowest BCUT2D eigenvalue weighted by molar-refractivity contribution is -0.134. The van der Waals surface area contributed by atoms with E-state index in [0.717, 1.165) is 44.8 Å². The van der Waals surface area contributed by atoms with Gasteiger partial charge in [-0.3, -0.25) is 4.79 Å². The fourth-order valence-electron chi connectivity index (χ4n) is 3.38. The molecule has 3 nitrogen and oxygen atoms in total. The molecular formula is C19H28N2O. The summed E-state index contributed by atoms with van der Waals surface area (Å²) in [7, 11) is 2.18. The van der Waals surface area contributed by atoms with Crippen molar-refractivity contribution in [1.82, 2.24) is 9.80 Å². The SMILES string of the molecule is CN1CCC(N(CC2CC2)C(=O)CCc2ccccc2)CC1. The van der Waals surface area contributed by atoms with Crippen molar-refractivity contribution in [2.24, 2.45) is 5.92 Å². The molecule has 0 unspecified atom stereocenters. The van der Waals surface area contributed by atoms with E-state index in [1.54, 1.807) is 0 Å². The number of likely N-dealkylation sites (tertiary alicyclic amines) is 1. The van der Waals surface area contributed by atoms with Gasteiger partial charge in [0.1, 0.15) is 0 Å². The molecule has 0 radical (unpaired) electrons. The molecule has 3 heteroatoms. The van der Waals surface area contributed by atoms with Gasteiger partial charge in [-0.15, -0.1) is 0 Å². The molecule has 0 N–H and O–H groups in total. The van der Waals surface area contributed by atoms with Gasteiger partial charge in [-0.05, 0) is 63.7 Å². The first-order valence-corrected chi connectivity index (χ1v) is 8.74. The Kier molecular flexibility index (Phi) is 5.14. The van der Waals surface area contributed by atoms with Crippen LogP contribution in [0.25, 0.3) is 0 Å². The maximum Gasteiger partial charge on any atom is 0.223 e. The number of amides is 1. The summed E-state index contributed by atoms with van der Waals surface area (Å²) >= 11 is 0. The first-order valence-electron chi connectivity index (χ1n) is 8.74. The standard InChI is InChI=1S/C19H28N2O/c1-20-13-11-18(12-14-20)21(15-17-7-8-17)19(22)10-9-16-5-3-2-4-6-16/h2-6,17-18H,7-15H2,1H3. The third kappa shape index (κ3) is 4.33. The van der Waals surface area contributed by atoms with Crippen molar-refractivity contribution in [2.75, 3.05) is 26.7 Å². The zero-order valence-corrected chi connectivity index (χ0v) is 13.7. The summed E-state index contributed by atoms with van der Waals surface area (Å²) < 4.78 is 0. The average molecular weight is 300 g/mol. The van der Waals surface area contributed by atoms with Crippen LogP contribution in [0.2, 0.25) is 0 Å². The van der Waals surface area contributed by atoms with Gasteiger partial charge in [0.25, 0.3) is 0 Å². The van der Waals surface area contributed by atoms with Crippen LogP contribution in [-0.4, -0.2) is 48.4 Å². The number of carbonyl (C=O) groups excluding carboxylic acids is 1. The normalized spacial score (nSPS) is 20.0. The number of rotatable bonds is 6. The molecule has 0 bridgehead atoms. The molecule has 1 saturated carbocycles. The van der Waals surface area contributed by atoms with Gasteiger partial charge >= 0.3 is 0 Å². The number of hydrogen-bond acceptors (Lipinski definition) is 2. The number of aryl methyl sites for hydroxylation is 1. The molecule has 1 amide bonds. The Labute approximate surface area is 134 Å². The second-order valence-electron chi connectivity index (χ2n) is 7.01. The smallest absolute Gasteiger partial charge is 0.223 e. The summed E-state index contributed by atoms with van der Waals surface area (Å²) in [6.07, 6.45) is 6.43. The first-order chi connectivity index (χ1) is 10.7. The van der Waals surface area contributed by atoms with Gasteiger partial charge < -0.3 is 9.80 Å².